The fourth-order valence-electron chi connectivity index (χ4n) is 8.05. The van der Waals surface area contributed by atoms with E-state index in [1.165, 1.54) is 110 Å². The van der Waals surface area contributed by atoms with Crippen molar-refractivity contribution in [3.8, 4) is 0 Å². The zero-order valence-corrected chi connectivity index (χ0v) is 47.5. The maximum atomic E-state index is 12.8. The van der Waals surface area contributed by atoms with Crippen LogP contribution in [-0.2, 0) is 55.5 Å². The SMILES string of the molecule is CCCCCCCC/C=C\CCCCCCCCCCCCCC(=O)CC(=O)SCCNC(=O)CCNC(=O)[C@H](O)C(C)(C)COP(=O)(O)OP(=O)(O)OC[C@H]1O[C@@H](n2cnc3c(N)ncnc32)[C@H](O)[C@@H]1OP(=O)(O)O. The van der Waals surface area contributed by atoms with E-state index in [1.54, 1.807) is 0 Å². The van der Waals surface area contributed by atoms with Crippen molar-refractivity contribution in [2.75, 3.05) is 37.8 Å². The van der Waals surface area contributed by atoms with Crippen molar-refractivity contribution in [2.45, 2.75) is 193 Å². The maximum absolute atomic E-state index is 12.8. The number of carbonyl (C=O) groups excluding carboxylic acids is 4. The summed E-state index contributed by atoms with van der Waals surface area (Å²) >= 11 is 0.942. The Labute approximate surface area is 449 Å². The number of phosphoric acid groups is 3. The average molecular weight is 1160 g/mol. The van der Waals surface area contributed by atoms with Crippen molar-refractivity contribution in [2.24, 2.45) is 5.41 Å². The van der Waals surface area contributed by atoms with Crippen LogP contribution in [0.25, 0.3) is 11.2 Å². The van der Waals surface area contributed by atoms with Crippen LogP contribution in [0.2, 0.25) is 0 Å². The van der Waals surface area contributed by atoms with E-state index >= 15 is 0 Å². The molecule has 0 aliphatic carbocycles. The number of carbonyl (C=O) groups is 4. The second-order valence-electron chi connectivity index (χ2n) is 19.5. The van der Waals surface area contributed by atoms with Crippen molar-refractivity contribution in [3.63, 3.8) is 0 Å². The largest absolute Gasteiger partial charge is 0.481 e. The number of allylic oxidation sites excluding steroid dienone is 2. The molecule has 0 spiro atoms. The second kappa shape index (κ2) is 34.9. The molecule has 2 unspecified atom stereocenters. The lowest BCUT2D eigenvalue weighted by atomic mass is 9.87. The van der Waals surface area contributed by atoms with E-state index in [1.807, 2.05) is 0 Å². The van der Waals surface area contributed by atoms with Crippen LogP contribution in [-0.4, -0.2) is 128 Å². The molecule has 0 saturated carbocycles. The predicted molar refractivity (Wildman–Crippen MR) is 284 cm³/mol. The summed E-state index contributed by atoms with van der Waals surface area (Å²) in [6, 6.07) is 0. The Bertz CT molecular complexity index is 2270. The molecular weight excluding hydrogens is 1080 g/mol. The van der Waals surface area contributed by atoms with Crippen LogP contribution >= 0.6 is 35.2 Å². The number of unbranched alkanes of at least 4 members (excludes halogenated alkanes) is 17. The highest BCUT2D eigenvalue weighted by Gasteiger charge is 2.50. The summed E-state index contributed by atoms with van der Waals surface area (Å²) in [6.07, 6.45) is 21.2. The number of hydrogen-bond acceptors (Lipinski definition) is 19. The molecule has 3 rings (SSSR count). The molecule has 0 radical (unpaired) electrons. The van der Waals surface area contributed by atoms with Gasteiger partial charge in [0.15, 0.2) is 22.8 Å². The highest BCUT2D eigenvalue weighted by molar-refractivity contribution is 8.13. The number of nitrogens with two attached hydrogens (primary N) is 1. The number of aromatic nitrogens is 4. The molecule has 1 saturated heterocycles. The van der Waals surface area contributed by atoms with Gasteiger partial charge in [0.2, 0.25) is 11.8 Å². The summed E-state index contributed by atoms with van der Waals surface area (Å²) in [5, 5.41) is 26.3. The van der Waals surface area contributed by atoms with Gasteiger partial charge in [0.25, 0.3) is 0 Å². The smallest absolute Gasteiger partial charge is 0.386 e. The predicted octanol–water partition coefficient (Wildman–Crippen LogP) is 7.00. The lowest BCUT2D eigenvalue weighted by Gasteiger charge is -2.30. The van der Waals surface area contributed by atoms with E-state index in [2.05, 4.69) is 53.5 Å². The molecule has 10 N–H and O–H groups in total. The number of phosphoric ester groups is 3. The Morgan fingerprint density at radius 3 is 2.00 bits per heavy atom. The van der Waals surface area contributed by atoms with Crippen molar-refractivity contribution in [3.05, 3.63) is 24.8 Å². The van der Waals surface area contributed by atoms with Crippen LogP contribution in [0.4, 0.5) is 5.82 Å². The summed E-state index contributed by atoms with van der Waals surface area (Å²) in [6.45, 7) is 2.60. The lowest BCUT2D eigenvalue weighted by Crippen LogP contribution is -2.46. The van der Waals surface area contributed by atoms with Gasteiger partial charge in [0.1, 0.15) is 42.0 Å². The topological polar surface area (TPSA) is 381 Å². The summed E-state index contributed by atoms with van der Waals surface area (Å²) in [5.74, 6) is -1.39. The fraction of sp³-hybridized carbons (Fsp3) is 0.766. The van der Waals surface area contributed by atoms with Crippen LogP contribution in [0.15, 0.2) is 24.8 Å². The van der Waals surface area contributed by atoms with Gasteiger partial charge in [-0.2, -0.15) is 4.31 Å². The number of ketones is 1. The maximum Gasteiger partial charge on any atom is 0.481 e. The third-order valence-corrected chi connectivity index (χ3v) is 16.3. The number of nitrogens with zero attached hydrogens (tertiary/aromatic N) is 4. The lowest BCUT2D eigenvalue weighted by molar-refractivity contribution is -0.137. The minimum Gasteiger partial charge on any atom is -0.386 e. The quantitative estimate of drug-likeness (QED) is 0.0140. The second-order valence-corrected chi connectivity index (χ2v) is 24.8. The molecule has 3 heterocycles. The van der Waals surface area contributed by atoms with Crippen molar-refractivity contribution in [1.29, 1.82) is 0 Å². The zero-order valence-electron chi connectivity index (χ0n) is 44.0. The van der Waals surface area contributed by atoms with E-state index in [-0.39, 0.29) is 59.6 Å². The monoisotopic (exact) mass is 1160 g/mol. The molecule has 2 aromatic rings. The van der Waals surface area contributed by atoms with Crippen molar-refractivity contribution >= 4 is 74.9 Å². The third-order valence-electron chi connectivity index (χ3n) is 12.3. The Hall–Kier alpha value is -3.03. The number of thioether (sulfide) groups is 1. The highest BCUT2D eigenvalue weighted by Crippen LogP contribution is 2.61. The van der Waals surface area contributed by atoms with Gasteiger partial charge in [-0.3, -0.25) is 37.3 Å². The number of hydrogen-bond donors (Lipinski definition) is 9. The number of amides is 2. The zero-order chi connectivity index (χ0) is 56.2. The Morgan fingerprint density at radius 2 is 1.39 bits per heavy atom. The van der Waals surface area contributed by atoms with Gasteiger partial charge in [0, 0.05) is 37.1 Å². The Kier molecular flexibility index (Phi) is 30.8. The molecule has 2 aromatic heterocycles. The normalized spacial score (nSPS) is 19.2. The number of nitrogen functional groups attached to an aromatic ring is 1. The van der Waals surface area contributed by atoms with Gasteiger partial charge >= 0.3 is 23.5 Å². The molecule has 29 heteroatoms. The minimum atomic E-state index is -5.59. The highest BCUT2D eigenvalue weighted by atomic mass is 32.2. The Morgan fingerprint density at radius 1 is 0.816 bits per heavy atom. The number of anilines is 1. The van der Waals surface area contributed by atoms with E-state index in [0.717, 1.165) is 54.7 Å². The molecule has 7 atom stereocenters. The molecule has 76 heavy (non-hydrogen) atoms. The number of aliphatic hydroxyl groups is 2. The van der Waals surface area contributed by atoms with Gasteiger partial charge in [-0.15, -0.1) is 0 Å². The van der Waals surface area contributed by atoms with Crippen LogP contribution in [0, 0.1) is 5.41 Å². The molecular formula is C47H82N7O18P3S. The molecule has 2 amide bonds. The third kappa shape index (κ3) is 26.7. The number of Topliss-reactive ketones (excluding diaryl/α,β-unsaturated/α-hetero) is 1. The van der Waals surface area contributed by atoms with Gasteiger partial charge in [0.05, 0.1) is 26.0 Å². The van der Waals surface area contributed by atoms with Gasteiger partial charge in [-0.1, -0.05) is 135 Å². The van der Waals surface area contributed by atoms with E-state index in [4.69, 9.17) is 19.5 Å². The molecule has 1 aliphatic heterocycles. The van der Waals surface area contributed by atoms with Crippen LogP contribution < -0.4 is 16.4 Å². The summed E-state index contributed by atoms with van der Waals surface area (Å²) in [7, 11) is -16.5. The van der Waals surface area contributed by atoms with Crippen LogP contribution in [0.1, 0.15) is 168 Å². The van der Waals surface area contributed by atoms with Crippen molar-refractivity contribution < 1.29 is 85.3 Å². The average Bonchev–Trinajstić information content (AvgIpc) is 3.91. The molecule has 0 aromatic carbocycles. The summed E-state index contributed by atoms with van der Waals surface area (Å²) < 4.78 is 62.5. The number of nitrogens with one attached hydrogen (secondary N) is 2. The number of ether oxygens (including phenoxy) is 1. The first-order valence-corrected chi connectivity index (χ1v) is 31.7. The first kappa shape index (κ1) is 67.2. The van der Waals surface area contributed by atoms with E-state index in [9.17, 15) is 62.7 Å². The first-order chi connectivity index (χ1) is 35.9. The number of imidazole rings is 1. The fourth-order valence-corrected chi connectivity index (χ4v) is 11.6. The van der Waals surface area contributed by atoms with Gasteiger partial charge < -0.3 is 50.9 Å². The minimum absolute atomic E-state index is 0.0266. The first-order valence-electron chi connectivity index (χ1n) is 26.2. The van der Waals surface area contributed by atoms with Crippen LogP contribution in [0.3, 0.4) is 0 Å². The number of aliphatic hydroxyl groups excluding tert-OH is 2. The van der Waals surface area contributed by atoms with Crippen LogP contribution in [0.5, 0.6) is 0 Å². The van der Waals surface area contributed by atoms with Gasteiger partial charge in [-0.25, -0.2) is 28.6 Å². The number of rotatable bonds is 42. The van der Waals surface area contributed by atoms with E-state index < -0.39 is 84.6 Å². The number of fused-ring (bicyclic) bond motifs is 1. The summed E-state index contributed by atoms with van der Waals surface area (Å²) in [4.78, 5) is 101. The standard InChI is InChI=1S/C47H82N7O18P3S/c1-4-5-6-7-8-9-10-11-12-13-14-15-16-17-18-19-20-21-22-23-24-25-35(55)30-38(57)76-29-28-49-37(56)26-27-50-45(60)42(59)47(2,3)32-69-75(66,67)72-74(64,65)68-31-36-41(71-73(61,62)63)40(58)46(70-36)54-34-53-39-43(48)51-33-52-44(39)54/h11-12,33-34,36,40-42,46,58-59H,4-10,13-32H2,1-3H3,(H,49,56)(H,50,60)(H,64,65)(H,66,67)(H2,48,51,52)(H2,61,62,63)/b12-11-/t36-,40-,41-,42+,46-/m1/s1. The molecule has 25 nitrogen and oxygen atoms in total. The Balaban J connectivity index is 1.22. The van der Waals surface area contributed by atoms with Gasteiger partial charge in [-0.05, 0) is 32.1 Å². The molecule has 0 bridgehead atoms. The molecule has 434 valence electrons. The molecule has 1 aliphatic rings. The van der Waals surface area contributed by atoms with Crippen molar-refractivity contribution in [1.82, 2.24) is 30.2 Å². The van der Waals surface area contributed by atoms with E-state index in [0.29, 0.717) is 6.42 Å². The molecule has 1 fully saturated rings. The summed E-state index contributed by atoms with van der Waals surface area (Å²) in [5.41, 5.74) is 4.25.